The van der Waals surface area contributed by atoms with E-state index in [0.29, 0.717) is 12.8 Å². The summed E-state index contributed by atoms with van der Waals surface area (Å²) in [5, 5.41) is 0. The number of hydrogen-bond acceptors (Lipinski definition) is 1. The van der Waals surface area contributed by atoms with E-state index in [9.17, 15) is 8.78 Å². The molecule has 3 fully saturated rings. The summed E-state index contributed by atoms with van der Waals surface area (Å²) in [4.78, 5) is 0. The molecule has 0 aromatic rings. The molecule has 0 aromatic carbocycles. The van der Waals surface area contributed by atoms with Crippen LogP contribution in [-0.2, 0) is 4.74 Å². The fourth-order valence-corrected chi connectivity index (χ4v) is 3.14. The van der Waals surface area contributed by atoms with Gasteiger partial charge in [-0.05, 0) is 43.9 Å². The lowest BCUT2D eigenvalue weighted by molar-refractivity contribution is -0.134. The molecule has 15 heavy (non-hydrogen) atoms. The summed E-state index contributed by atoms with van der Waals surface area (Å²) in [6, 6.07) is 0. The van der Waals surface area contributed by atoms with Crippen LogP contribution in [0.25, 0.3) is 0 Å². The van der Waals surface area contributed by atoms with Crippen molar-refractivity contribution in [3.05, 3.63) is 0 Å². The molecule has 1 heterocycles. The molecule has 2 atom stereocenters. The normalized spacial score (nSPS) is 42.0. The van der Waals surface area contributed by atoms with Gasteiger partial charge < -0.3 is 4.74 Å². The quantitative estimate of drug-likeness (QED) is 0.603. The maximum Gasteiger partial charge on any atom is 0.248 e. The van der Waals surface area contributed by atoms with E-state index in [1.165, 1.54) is 12.8 Å². The third-order valence-corrected chi connectivity index (χ3v) is 4.54. The van der Waals surface area contributed by atoms with Gasteiger partial charge in [0.15, 0.2) is 0 Å². The molecule has 3 aliphatic rings. The first-order chi connectivity index (χ1) is 7.09. The Morgan fingerprint density at radius 3 is 2.40 bits per heavy atom. The highest BCUT2D eigenvalue weighted by Crippen LogP contribution is 2.51. The third kappa shape index (κ3) is 1.91. The van der Waals surface area contributed by atoms with Gasteiger partial charge in [-0.15, -0.1) is 0 Å². The molecular weight excluding hydrogens is 198 g/mol. The highest BCUT2D eigenvalue weighted by molar-refractivity contribution is 4.97. The van der Waals surface area contributed by atoms with Crippen molar-refractivity contribution in [1.29, 1.82) is 0 Å². The Labute approximate surface area is 89.2 Å². The van der Waals surface area contributed by atoms with Gasteiger partial charge in [0.2, 0.25) is 5.92 Å². The monoisotopic (exact) mass is 216 g/mol. The number of rotatable bonds is 0. The van der Waals surface area contributed by atoms with Crippen LogP contribution in [0.1, 0.15) is 44.9 Å². The lowest BCUT2D eigenvalue weighted by atomic mass is 9.79. The minimum absolute atomic E-state index is 0.0301. The van der Waals surface area contributed by atoms with Crippen LogP contribution < -0.4 is 0 Å². The van der Waals surface area contributed by atoms with E-state index in [1.54, 1.807) is 0 Å². The van der Waals surface area contributed by atoms with Crippen molar-refractivity contribution in [3.63, 3.8) is 0 Å². The molecular formula is C12H18F2O. The van der Waals surface area contributed by atoms with Crippen molar-refractivity contribution in [3.8, 4) is 0 Å². The average Bonchev–Trinajstić information content (AvgIpc) is 2.93. The second-order valence-electron chi connectivity index (χ2n) is 5.64. The van der Waals surface area contributed by atoms with Gasteiger partial charge in [-0.25, -0.2) is 8.78 Å². The van der Waals surface area contributed by atoms with Crippen molar-refractivity contribution in [1.82, 2.24) is 0 Å². The fourth-order valence-electron chi connectivity index (χ4n) is 3.14. The molecule has 2 aliphatic carbocycles. The largest absolute Gasteiger partial charge is 0.375 e. The minimum atomic E-state index is -2.43. The van der Waals surface area contributed by atoms with E-state index in [0.717, 1.165) is 24.9 Å². The molecule has 0 radical (unpaired) electrons. The molecule has 1 saturated heterocycles. The number of fused-ring (bicyclic) bond motifs is 1. The third-order valence-electron chi connectivity index (χ3n) is 4.54. The lowest BCUT2D eigenvalue weighted by Crippen LogP contribution is -2.40. The Bertz CT molecular complexity index is 240. The van der Waals surface area contributed by atoms with Gasteiger partial charge in [0.25, 0.3) is 0 Å². The summed E-state index contributed by atoms with van der Waals surface area (Å²) in [6.07, 6.45) is 4.73. The van der Waals surface area contributed by atoms with Gasteiger partial charge in [0.1, 0.15) is 0 Å². The van der Waals surface area contributed by atoms with Crippen molar-refractivity contribution < 1.29 is 13.5 Å². The van der Waals surface area contributed by atoms with Crippen molar-refractivity contribution in [2.24, 2.45) is 11.8 Å². The van der Waals surface area contributed by atoms with Crippen LogP contribution in [0.15, 0.2) is 0 Å². The molecule has 0 amide bonds. The Kier molecular flexibility index (Phi) is 2.11. The van der Waals surface area contributed by atoms with Crippen LogP contribution in [0, 0.1) is 11.8 Å². The van der Waals surface area contributed by atoms with Crippen LogP contribution in [0.3, 0.4) is 0 Å². The summed E-state index contributed by atoms with van der Waals surface area (Å²) >= 11 is 0. The van der Waals surface area contributed by atoms with Crippen LogP contribution in [0.2, 0.25) is 0 Å². The smallest absolute Gasteiger partial charge is 0.248 e. The Balaban J connectivity index is 1.65. The molecule has 0 bridgehead atoms. The molecule has 1 spiro atoms. The van der Waals surface area contributed by atoms with Gasteiger partial charge >= 0.3 is 0 Å². The molecule has 1 aliphatic heterocycles. The standard InChI is InChI=1S/C12H18F2O/c13-12(14)5-3-11(4-6-12)2-1-9-7-10(9)8-15-11/h9-10H,1-8H2/t9-,10+/m1/s1. The molecule has 3 rings (SSSR count). The second kappa shape index (κ2) is 3.16. The zero-order chi connectivity index (χ0) is 10.5. The van der Waals surface area contributed by atoms with Crippen molar-refractivity contribution in [2.75, 3.05) is 6.61 Å². The predicted octanol–water partition coefficient (Wildman–Crippen LogP) is 3.38. The molecule has 3 heteroatoms. The molecule has 1 nitrogen and oxygen atoms in total. The Morgan fingerprint density at radius 2 is 1.67 bits per heavy atom. The maximum atomic E-state index is 13.1. The van der Waals surface area contributed by atoms with Gasteiger partial charge in [0.05, 0.1) is 12.2 Å². The first kappa shape index (κ1) is 10.0. The van der Waals surface area contributed by atoms with E-state index < -0.39 is 5.92 Å². The van der Waals surface area contributed by atoms with Crippen LogP contribution in [0.4, 0.5) is 8.78 Å². The topological polar surface area (TPSA) is 9.23 Å². The Hall–Kier alpha value is -0.180. The van der Waals surface area contributed by atoms with Crippen molar-refractivity contribution >= 4 is 0 Å². The fraction of sp³-hybridized carbons (Fsp3) is 1.00. The number of ether oxygens (including phenoxy) is 1. The van der Waals surface area contributed by atoms with Crippen LogP contribution >= 0.6 is 0 Å². The molecule has 2 saturated carbocycles. The average molecular weight is 216 g/mol. The summed E-state index contributed by atoms with van der Waals surface area (Å²) in [5.41, 5.74) is -0.172. The SMILES string of the molecule is FC1(F)CCC2(CC[C@@H]3C[C@H]3CO2)CC1. The number of alkyl halides is 2. The highest BCUT2D eigenvalue weighted by Gasteiger charge is 2.49. The van der Waals surface area contributed by atoms with E-state index >= 15 is 0 Å². The van der Waals surface area contributed by atoms with Crippen molar-refractivity contribution in [2.45, 2.75) is 56.5 Å². The summed E-state index contributed by atoms with van der Waals surface area (Å²) in [6.45, 7) is 0.830. The molecule has 86 valence electrons. The van der Waals surface area contributed by atoms with E-state index in [2.05, 4.69) is 0 Å². The first-order valence-corrected chi connectivity index (χ1v) is 6.10. The van der Waals surface area contributed by atoms with Gasteiger partial charge in [-0.1, -0.05) is 0 Å². The molecule has 0 aromatic heterocycles. The summed E-state index contributed by atoms with van der Waals surface area (Å²) < 4.78 is 32.1. The number of hydrogen-bond donors (Lipinski definition) is 0. The second-order valence-corrected chi connectivity index (χ2v) is 5.64. The van der Waals surface area contributed by atoms with E-state index in [1.807, 2.05) is 0 Å². The summed E-state index contributed by atoms with van der Waals surface area (Å²) in [5.74, 6) is -0.817. The van der Waals surface area contributed by atoms with Crippen LogP contribution in [-0.4, -0.2) is 18.1 Å². The minimum Gasteiger partial charge on any atom is -0.375 e. The molecule has 0 unspecified atom stereocenters. The first-order valence-electron chi connectivity index (χ1n) is 6.10. The number of halogens is 2. The predicted molar refractivity (Wildman–Crippen MR) is 52.9 cm³/mol. The summed E-state index contributed by atoms with van der Waals surface area (Å²) in [7, 11) is 0. The Morgan fingerprint density at radius 1 is 0.933 bits per heavy atom. The van der Waals surface area contributed by atoms with Gasteiger partial charge in [-0.2, -0.15) is 0 Å². The van der Waals surface area contributed by atoms with Gasteiger partial charge in [0, 0.05) is 12.8 Å². The zero-order valence-electron chi connectivity index (χ0n) is 8.98. The zero-order valence-corrected chi connectivity index (χ0v) is 8.98. The van der Waals surface area contributed by atoms with E-state index in [4.69, 9.17) is 4.74 Å². The lowest BCUT2D eigenvalue weighted by Gasteiger charge is -2.39. The maximum absolute atomic E-state index is 13.1. The highest BCUT2D eigenvalue weighted by atomic mass is 19.3. The van der Waals surface area contributed by atoms with Gasteiger partial charge in [-0.3, -0.25) is 0 Å². The van der Waals surface area contributed by atoms with E-state index in [-0.39, 0.29) is 18.4 Å². The van der Waals surface area contributed by atoms with Crippen LogP contribution in [0.5, 0.6) is 0 Å². The molecule has 0 N–H and O–H groups in total.